The van der Waals surface area contributed by atoms with Gasteiger partial charge < -0.3 is 4.74 Å². The average Bonchev–Trinajstić information content (AvgIpc) is 2.41. The molecule has 104 valence electrons. The highest BCUT2D eigenvalue weighted by atomic mass is 16.5. The van der Waals surface area contributed by atoms with Crippen molar-refractivity contribution >= 4 is 5.78 Å². The molecule has 1 unspecified atom stereocenters. The molecule has 0 aromatic heterocycles. The molecule has 1 aliphatic rings. The van der Waals surface area contributed by atoms with E-state index in [9.17, 15) is 4.79 Å². The molecule has 3 nitrogen and oxygen atoms in total. The summed E-state index contributed by atoms with van der Waals surface area (Å²) in [7, 11) is 0. The largest absolute Gasteiger partial charge is 0.378 e. The Morgan fingerprint density at radius 2 is 2.05 bits per heavy atom. The average molecular weight is 261 g/mol. The van der Waals surface area contributed by atoms with Crippen LogP contribution in [-0.4, -0.2) is 42.5 Å². The lowest BCUT2D eigenvalue weighted by Crippen LogP contribution is -2.54. The number of hydrogen-bond donors (Lipinski definition) is 0. The van der Waals surface area contributed by atoms with Crippen molar-refractivity contribution in [2.45, 2.75) is 26.3 Å². The van der Waals surface area contributed by atoms with Gasteiger partial charge in [0.1, 0.15) is 0 Å². The van der Waals surface area contributed by atoms with Gasteiger partial charge in [-0.3, -0.25) is 9.69 Å². The molecule has 0 bridgehead atoms. The lowest BCUT2D eigenvalue weighted by Gasteiger charge is -2.43. The van der Waals surface area contributed by atoms with Crippen LogP contribution in [0.25, 0.3) is 0 Å². The van der Waals surface area contributed by atoms with Crippen molar-refractivity contribution in [3.63, 3.8) is 0 Å². The van der Waals surface area contributed by atoms with Crippen LogP contribution in [0.2, 0.25) is 0 Å². The summed E-state index contributed by atoms with van der Waals surface area (Å²) in [6, 6.07) is 9.55. The first-order chi connectivity index (χ1) is 9.00. The quantitative estimate of drug-likeness (QED) is 0.780. The van der Waals surface area contributed by atoms with E-state index in [-0.39, 0.29) is 17.2 Å². The van der Waals surface area contributed by atoms with Crippen LogP contribution >= 0.6 is 0 Å². The number of ketones is 1. The van der Waals surface area contributed by atoms with Crippen LogP contribution in [0.3, 0.4) is 0 Å². The van der Waals surface area contributed by atoms with E-state index in [4.69, 9.17) is 4.74 Å². The van der Waals surface area contributed by atoms with E-state index in [1.54, 1.807) is 0 Å². The summed E-state index contributed by atoms with van der Waals surface area (Å²) in [4.78, 5) is 14.7. The van der Waals surface area contributed by atoms with Gasteiger partial charge in [-0.25, -0.2) is 0 Å². The maximum absolute atomic E-state index is 12.4. The second kappa shape index (κ2) is 5.85. The van der Waals surface area contributed by atoms with Gasteiger partial charge in [0, 0.05) is 30.1 Å². The maximum atomic E-state index is 12.4. The molecule has 1 fully saturated rings. The number of morpholine rings is 1. The van der Waals surface area contributed by atoms with Gasteiger partial charge in [-0.1, -0.05) is 37.3 Å². The van der Waals surface area contributed by atoms with E-state index in [1.807, 2.05) is 37.3 Å². The van der Waals surface area contributed by atoms with Crippen LogP contribution in [0, 0.1) is 5.92 Å². The minimum absolute atomic E-state index is 0.0137. The summed E-state index contributed by atoms with van der Waals surface area (Å²) in [5.74, 6) is 0.239. The van der Waals surface area contributed by atoms with Crippen LogP contribution in [0.15, 0.2) is 30.3 Å². The van der Waals surface area contributed by atoms with E-state index in [0.29, 0.717) is 0 Å². The third-order valence-corrected chi connectivity index (χ3v) is 3.82. The van der Waals surface area contributed by atoms with Crippen LogP contribution in [0.5, 0.6) is 0 Å². The summed E-state index contributed by atoms with van der Waals surface area (Å²) in [6.07, 6.45) is 0. The zero-order chi connectivity index (χ0) is 13.9. The monoisotopic (exact) mass is 261 g/mol. The van der Waals surface area contributed by atoms with Crippen LogP contribution < -0.4 is 0 Å². The predicted octanol–water partition coefficient (Wildman–Crippen LogP) is 2.62. The van der Waals surface area contributed by atoms with E-state index in [1.165, 1.54) is 0 Å². The Balaban J connectivity index is 2.01. The molecular weight excluding hydrogens is 238 g/mol. The third kappa shape index (κ3) is 3.43. The highest BCUT2D eigenvalue weighted by Gasteiger charge is 2.32. The van der Waals surface area contributed by atoms with Crippen molar-refractivity contribution in [3.8, 4) is 0 Å². The van der Waals surface area contributed by atoms with E-state index >= 15 is 0 Å². The van der Waals surface area contributed by atoms with Gasteiger partial charge >= 0.3 is 0 Å². The highest BCUT2D eigenvalue weighted by molar-refractivity contribution is 5.97. The molecule has 2 rings (SSSR count). The van der Waals surface area contributed by atoms with Gasteiger partial charge in [-0.05, 0) is 13.8 Å². The van der Waals surface area contributed by atoms with Gasteiger partial charge in [0.05, 0.1) is 13.2 Å². The molecule has 3 heteroatoms. The number of carbonyl (C=O) groups is 1. The van der Waals surface area contributed by atoms with E-state index in [0.717, 1.165) is 31.9 Å². The number of nitrogens with zero attached hydrogens (tertiary/aromatic N) is 1. The number of carbonyl (C=O) groups excluding carboxylic acids is 1. The maximum Gasteiger partial charge on any atom is 0.166 e. The van der Waals surface area contributed by atoms with Crippen LogP contribution in [0.1, 0.15) is 31.1 Å². The predicted molar refractivity (Wildman–Crippen MR) is 76.4 cm³/mol. The van der Waals surface area contributed by atoms with E-state index in [2.05, 4.69) is 18.7 Å². The molecule has 0 saturated carbocycles. The van der Waals surface area contributed by atoms with E-state index < -0.39 is 0 Å². The molecule has 0 amide bonds. The molecule has 0 aliphatic carbocycles. The molecule has 1 aromatic carbocycles. The summed E-state index contributed by atoms with van der Waals surface area (Å²) >= 11 is 0. The van der Waals surface area contributed by atoms with Gasteiger partial charge in [0.25, 0.3) is 0 Å². The number of Topliss-reactive ketones (excluding diaryl/α,β-unsaturated/α-hetero) is 1. The molecular formula is C16H23NO2. The molecule has 0 N–H and O–H groups in total. The second-order valence-electron chi connectivity index (χ2n) is 5.94. The van der Waals surface area contributed by atoms with Crippen molar-refractivity contribution in [2.75, 3.05) is 26.3 Å². The molecule has 19 heavy (non-hydrogen) atoms. The minimum Gasteiger partial charge on any atom is -0.378 e. The fraction of sp³-hybridized carbons (Fsp3) is 0.562. The van der Waals surface area contributed by atoms with Crippen molar-refractivity contribution in [1.82, 2.24) is 4.90 Å². The molecule has 1 aliphatic heterocycles. The van der Waals surface area contributed by atoms with Crippen LogP contribution in [-0.2, 0) is 4.74 Å². The molecule has 1 saturated heterocycles. The fourth-order valence-corrected chi connectivity index (χ4v) is 2.53. The Kier molecular flexibility index (Phi) is 4.38. The molecule has 1 aromatic rings. The first-order valence-electron chi connectivity index (χ1n) is 6.93. The SMILES string of the molecule is CC(CN1CCOCC1(C)C)C(=O)c1ccccc1. The van der Waals surface area contributed by atoms with Crippen molar-refractivity contribution in [1.29, 1.82) is 0 Å². The van der Waals surface area contributed by atoms with Crippen LogP contribution in [0.4, 0.5) is 0 Å². The summed E-state index contributed by atoms with van der Waals surface area (Å²) in [5, 5.41) is 0. The number of benzene rings is 1. The molecule has 0 spiro atoms. The van der Waals surface area contributed by atoms with Crippen molar-refractivity contribution < 1.29 is 9.53 Å². The third-order valence-electron chi connectivity index (χ3n) is 3.82. The lowest BCUT2D eigenvalue weighted by molar-refractivity contribution is -0.0547. The summed E-state index contributed by atoms with van der Waals surface area (Å²) in [6.45, 7) is 9.55. The Bertz CT molecular complexity index is 428. The molecule has 0 radical (unpaired) electrons. The lowest BCUT2D eigenvalue weighted by atomic mass is 9.95. The standard InChI is InChI=1S/C16H23NO2/c1-13(15(18)14-7-5-4-6-8-14)11-17-9-10-19-12-16(17,2)3/h4-8,13H,9-12H2,1-3H3. The number of ether oxygens (including phenoxy) is 1. The Labute approximate surface area is 115 Å². The Morgan fingerprint density at radius 3 is 2.68 bits per heavy atom. The van der Waals surface area contributed by atoms with Crippen molar-refractivity contribution in [3.05, 3.63) is 35.9 Å². The first-order valence-corrected chi connectivity index (χ1v) is 6.93. The number of rotatable bonds is 4. The highest BCUT2D eigenvalue weighted by Crippen LogP contribution is 2.21. The summed E-state index contributed by atoms with van der Waals surface area (Å²) < 4.78 is 5.52. The second-order valence-corrected chi connectivity index (χ2v) is 5.94. The molecule has 1 atom stereocenters. The van der Waals surface area contributed by atoms with Gasteiger partial charge in [-0.2, -0.15) is 0 Å². The topological polar surface area (TPSA) is 29.5 Å². The normalized spacial score (nSPS) is 21.0. The van der Waals surface area contributed by atoms with Gasteiger partial charge in [-0.15, -0.1) is 0 Å². The van der Waals surface area contributed by atoms with Gasteiger partial charge in [0.15, 0.2) is 5.78 Å². The Hall–Kier alpha value is -1.19. The molecule has 1 heterocycles. The van der Waals surface area contributed by atoms with Crippen molar-refractivity contribution in [2.24, 2.45) is 5.92 Å². The smallest absolute Gasteiger partial charge is 0.166 e. The first kappa shape index (κ1) is 14.2. The Morgan fingerprint density at radius 1 is 1.37 bits per heavy atom. The van der Waals surface area contributed by atoms with Gasteiger partial charge in [0.2, 0.25) is 0 Å². The zero-order valence-electron chi connectivity index (χ0n) is 12.1. The fourth-order valence-electron chi connectivity index (χ4n) is 2.53. The number of hydrogen-bond acceptors (Lipinski definition) is 3. The zero-order valence-corrected chi connectivity index (χ0v) is 12.1. The summed E-state index contributed by atoms with van der Waals surface area (Å²) in [5.41, 5.74) is 0.824. The minimum atomic E-state index is 0.0137.